The number of hydrogen-bond acceptors (Lipinski definition) is 5. The van der Waals surface area contributed by atoms with Gasteiger partial charge in [-0.25, -0.2) is 9.97 Å². The molecule has 106 valence electrons. The smallest absolute Gasteiger partial charge is 0.137 e. The molecule has 0 aliphatic carbocycles. The highest BCUT2D eigenvalue weighted by Crippen LogP contribution is 2.22. The van der Waals surface area contributed by atoms with Crippen LogP contribution in [-0.4, -0.2) is 42.4 Å². The third-order valence-electron chi connectivity index (χ3n) is 2.76. The summed E-state index contributed by atoms with van der Waals surface area (Å²) in [7, 11) is 0. The Labute approximate surface area is 118 Å². The summed E-state index contributed by atoms with van der Waals surface area (Å²) in [4.78, 5) is 8.74. The van der Waals surface area contributed by atoms with Gasteiger partial charge in [0.25, 0.3) is 0 Å². The second-order valence-corrected chi connectivity index (χ2v) is 5.99. The number of hydrogen-bond donors (Lipinski definition) is 1. The molecule has 2 rings (SSSR count). The van der Waals surface area contributed by atoms with Gasteiger partial charge in [-0.1, -0.05) is 32.4 Å². The van der Waals surface area contributed by atoms with Crippen LogP contribution in [-0.2, 0) is 14.9 Å². The Balaban J connectivity index is 2.01. The number of rotatable bonds is 3. The molecule has 1 aromatic rings. The Kier molecular flexibility index (Phi) is 4.60. The molecule has 0 saturated carbocycles. The second-order valence-electron chi connectivity index (χ2n) is 5.60. The molecule has 0 radical (unpaired) electrons. The van der Waals surface area contributed by atoms with Crippen molar-refractivity contribution in [2.45, 2.75) is 32.3 Å². The first kappa shape index (κ1) is 14.5. The van der Waals surface area contributed by atoms with E-state index in [1.54, 1.807) is 6.07 Å². The quantitative estimate of drug-likeness (QED) is 0.863. The lowest BCUT2D eigenvalue weighted by Crippen LogP contribution is -2.34. The van der Waals surface area contributed by atoms with Crippen LogP contribution in [0.5, 0.6) is 0 Å². The molecule has 1 unspecified atom stereocenters. The zero-order chi connectivity index (χ0) is 13.9. The average Bonchev–Trinajstić information content (AvgIpc) is 2.36. The van der Waals surface area contributed by atoms with E-state index in [0.29, 0.717) is 31.5 Å². The molecule has 0 bridgehead atoms. The largest absolute Gasteiger partial charge is 0.376 e. The summed E-state index contributed by atoms with van der Waals surface area (Å²) in [5, 5.41) is 3.67. The lowest BCUT2D eigenvalue weighted by Gasteiger charge is -2.24. The summed E-state index contributed by atoms with van der Waals surface area (Å²) in [6.07, 6.45) is 0.0561. The Morgan fingerprint density at radius 2 is 2.16 bits per heavy atom. The van der Waals surface area contributed by atoms with Gasteiger partial charge in [0.1, 0.15) is 16.8 Å². The summed E-state index contributed by atoms with van der Waals surface area (Å²) < 4.78 is 10.9. The molecule has 1 N–H and O–H groups in total. The first-order valence-corrected chi connectivity index (χ1v) is 6.81. The van der Waals surface area contributed by atoms with Crippen molar-refractivity contribution in [2.75, 3.05) is 31.7 Å². The van der Waals surface area contributed by atoms with Crippen LogP contribution in [0.4, 0.5) is 5.82 Å². The van der Waals surface area contributed by atoms with E-state index in [4.69, 9.17) is 21.1 Å². The minimum Gasteiger partial charge on any atom is -0.376 e. The predicted octanol–water partition coefficient (Wildman–Crippen LogP) is 2.25. The third-order valence-corrected chi connectivity index (χ3v) is 2.96. The van der Waals surface area contributed by atoms with Crippen LogP contribution in [0.15, 0.2) is 6.07 Å². The van der Waals surface area contributed by atoms with E-state index >= 15 is 0 Å². The van der Waals surface area contributed by atoms with Crippen LogP contribution in [0.2, 0.25) is 5.15 Å². The SMILES string of the molecule is CC(C)(C)c1nc(Cl)cc(NCC2COCCO2)n1. The van der Waals surface area contributed by atoms with Crippen molar-refractivity contribution in [3.63, 3.8) is 0 Å². The van der Waals surface area contributed by atoms with Crippen molar-refractivity contribution in [1.29, 1.82) is 0 Å². The van der Waals surface area contributed by atoms with Crippen molar-refractivity contribution >= 4 is 17.4 Å². The summed E-state index contributed by atoms with van der Waals surface area (Å²) in [5.41, 5.74) is -0.133. The van der Waals surface area contributed by atoms with Crippen molar-refractivity contribution in [3.05, 3.63) is 17.0 Å². The molecular weight excluding hydrogens is 266 g/mol. The van der Waals surface area contributed by atoms with Crippen molar-refractivity contribution in [2.24, 2.45) is 0 Å². The molecule has 19 heavy (non-hydrogen) atoms. The zero-order valence-corrected chi connectivity index (χ0v) is 12.3. The van der Waals surface area contributed by atoms with Crippen LogP contribution in [0.3, 0.4) is 0 Å². The van der Waals surface area contributed by atoms with Crippen LogP contribution in [0.1, 0.15) is 26.6 Å². The molecule has 6 heteroatoms. The maximum absolute atomic E-state index is 6.03. The van der Waals surface area contributed by atoms with Gasteiger partial charge in [0.2, 0.25) is 0 Å². The predicted molar refractivity (Wildman–Crippen MR) is 74.8 cm³/mol. The number of anilines is 1. The van der Waals surface area contributed by atoms with Gasteiger partial charge in [0.05, 0.1) is 25.9 Å². The fourth-order valence-electron chi connectivity index (χ4n) is 1.72. The number of halogens is 1. The molecule has 1 fully saturated rings. The van der Waals surface area contributed by atoms with Gasteiger partial charge in [-0.3, -0.25) is 0 Å². The fraction of sp³-hybridized carbons (Fsp3) is 0.692. The number of ether oxygens (including phenoxy) is 2. The fourth-order valence-corrected chi connectivity index (χ4v) is 1.90. The normalized spacial score (nSPS) is 20.3. The Morgan fingerprint density at radius 3 is 2.79 bits per heavy atom. The molecule has 0 aromatic carbocycles. The van der Waals surface area contributed by atoms with Gasteiger partial charge in [0, 0.05) is 18.0 Å². The molecule has 1 aliphatic rings. The second kappa shape index (κ2) is 6.03. The van der Waals surface area contributed by atoms with Crippen molar-refractivity contribution in [1.82, 2.24) is 9.97 Å². The van der Waals surface area contributed by atoms with Crippen LogP contribution in [0, 0.1) is 0 Å². The maximum atomic E-state index is 6.03. The van der Waals surface area contributed by atoms with Crippen LogP contribution < -0.4 is 5.32 Å². The summed E-state index contributed by atoms with van der Waals surface area (Å²) in [6, 6.07) is 1.72. The van der Waals surface area contributed by atoms with Crippen LogP contribution >= 0.6 is 11.6 Å². The van der Waals surface area contributed by atoms with Gasteiger partial charge >= 0.3 is 0 Å². The molecule has 5 nitrogen and oxygen atoms in total. The number of nitrogens with zero attached hydrogens (tertiary/aromatic N) is 2. The Bertz CT molecular complexity index is 428. The van der Waals surface area contributed by atoms with E-state index in [9.17, 15) is 0 Å². The Hall–Kier alpha value is -0.910. The molecule has 1 saturated heterocycles. The topological polar surface area (TPSA) is 56.3 Å². The van der Waals surface area contributed by atoms with E-state index in [1.807, 2.05) is 0 Å². The molecule has 0 amide bonds. The minimum atomic E-state index is -0.133. The van der Waals surface area contributed by atoms with Crippen molar-refractivity contribution in [3.8, 4) is 0 Å². The summed E-state index contributed by atoms with van der Waals surface area (Å²) in [6.45, 7) is 8.74. The molecule has 2 heterocycles. The maximum Gasteiger partial charge on any atom is 0.137 e. The highest BCUT2D eigenvalue weighted by Gasteiger charge is 2.19. The lowest BCUT2D eigenvalue weighted by atomic mass is 9.96. The van der Waals surface area contributed by atoms with E-state index in [-0.39, 0.29) is 11.5 Å². The molecule has 0 spiro atoms. The van der Waals surface area contributed by atoms with E-state index < -0.39 is 0 Å². The highest BCUT2D eigenvalue weighted by atomic mass is 35.5. The van der Waals surface area contributed by atoms with Crippen LogP contribution in [0.25, 0.3) is 0 Å². The standard InChI is InChI=1S/C13H20ClN3O2/c1-13(2,3)12-16-10(14)6-11(17-12)15-7-9-8-18-4-5-19-9/h6,9H,4-5,7-8H2,1-3H3,(H,15,16,17). The first-order chi connectivity index (χ1) is 8.95. The molecule has 1 atom stereocenters. The van der Waals surface area contributed by atoms with E-state index in [1.165, 1.54) is 0 Å². The van der Waals surface area contributed by atoms with Crippen molar-refractivity contribution < 1.29 is 9.47 Å². The molecular formula is C13H20ClN3O2. The minimum absolute atomic E-state index is 0.0561. The number of aromatic nitrogens is 2. The van der Waals surface area contributed by atoms with Gasteiger partial charge < -0.3 is 14.8 Å². The number of nitrogens with one attached hydrogen (secondary N) is 1. The highest BCUT2D eigenvalue weighted by molar-refractivity contribution is 6.29. The molecule has 1 aromatic heterocycles. The summed E-state index contributed by atoms with van der Waals surface area (Å²) >= 11 is 6.03. The van der Waals surface area contributed by atoms with Gasteiger partial charge in [-0.15, -0.1) is 0 Å². The Morgan fingerprint density at radius 1 is 1.37 bits per heavy atom. The van der Waals surface area contributed by atoms with Gasteiger partial charge in [-0.05, 0) is 0 Å². The van der Waals surface area contributed by atoms with E-state index in [2.05, 4.69) is 36.1 Å². The zero-order valence-electron chi connectivity index (χ0n) is 11.6. The first-order valence-electron chi connectivity index (χ1n) is 6.43. The third kappa shape index (κ3) is 4.30. The molecule has 1 aliphatic heterocycles. The lowest BCUT2D eigenvalue weighted by molar-refractivity contribution is -0.0819. The van der Waals surface area contributed by atoms with Gasteiger partial charge in [-0.2, -0.15) is 0 Å². The van der Waals surface area contributed by atoms with E-state index in [0.717, 1.165) is 11.6 Å². The monoisotopic (exact) mass is 285 g/mol. The summed E-state index contributed by atoms with van der Waals surface area (Å²) in [5.74, 6) is 1.45. The van der Waals surface area contributed by atoms with Gasteiger partial charge in [0.15, 0.2) is 0 Å². The average molecular weight is 286 g/mol.